The summed E-state index contributed by atoms with van der Waals surface area (Å²) in [6, 6.07) is 0.650. The van der Waals surface area contributed by atoms with Gasteiger partial charge in [-0.3, -0.25) is 4.90 Å². The fraction of sp³-hybridized carbons (Fsp3) is 1.00. The molecule has 0 atom stereocenters. The molecule has 0 aliphatic heterocycles. The Bertz CT molecular complexity index is 177. The van der Waals surface area contributed by atoms with Gasteiger partial charge in [-0.1, -0.05) is 27.7 Å². The minimum atomic E-state index is 0.650. The molecular weight excluding hydrogens is 222 g/mol. The fourth-order valence-electron chi connectivity index (χ4n) is 2.15. The van der Waals surface area contributed by atoms with Crippen molar-refractivity contribution in [2.45, 2.75) is 47.6 Å². The van der Waals surface area contributed by atoms with E-state index in [0.29, 0.717) is 6.04 Å². The van der Waals surface area contributed by atoms with E-state index in [1.807, 2.05) is 0 Å². The summed E-state index contributed by atoms with van der Waals surface area (Å²) in [5.74, 6) is 0.753. The molecule has 0 aromatic carbocycles. The predicted octanol–water partition coefficient (Wildman–Crippen LogP) is 2.28. The Kier molecular flexibility index (Phi) is 10.7. The summed E-state index contributed by atoms with van der Waals surface area (Å²) in [5.41, 5.74) is 0. The minimum Gasteiger partial charge on any atom is -0.314 e. The predicted molar refractivity (Wildman–Crippen MR) is 82.2 cm³/mol. The summed E-state index contributed by atoms with van der Waals surface area (Å²) in [4.78, 5) is 5.02. The van der Waals surface area contributed by atoms with Crippen molar-refractivity contribution in [3.8, 4) is 0 Å². The number of hydrogen-bond acceptors (Lipinski definition) is 3. The van der Waals surface area contributed by atoms with Crippen LogP contribution in [0.1, 0.15) is 41.5 Å². The van der Waals surface area contributed by atoms with E-state index >= 15 is 0 Å². The Hall–Kier alpha value is -0.120. The molecule has 0 spiro atoms. The molecule has 110 valence electrons. The van der Waals surface area contributed by atoms with Gasteiger partial charge in [0.25, 0.3) is 0 Å². The van der Waals surface area contributed by atoms with Crippen LogP contribution in [0.15, 0.2) is 0 Å². The van der Waals surface area contributed by atoms with E-state index in [1.165, 1.54) is 13.1 Å². The van der Waals surface area contributed by atoms with Crippen molar-refractivity contribution in [3.63, 3.8) is 0 Å². The molecule has 0 heterocycles. The lowest BCUT2D eigenvalue weighted by Gasteiger charge is -2.28. The van der Waals surface area contributed by atoms with E-state index in [1.54, 1.807) is 0 Å². The van der Waals surface area contributed by atoms with E-state index in [0.717, 1.165) is 38.6 Å². The first-order valence-corrected chi connectivity index (χ1v) is 7.68. The second kappa shape index (κ2) is 10.8. The highest BCUT2D eigenvalue weighted by atomic mass is 15.2. The van der Waals surface area contributed by atoms with Gasteiger partial charge in [-0.05, 0) is 32.9 Å². The van der Waals surface area contributed by atoms with Crippen molar-refractivity contribution < 1.29 is 0 Å². The molecule has 0 aromatic rings. The topological polar surface area (TPSA) is 18.5 Å². The van der Waals surface area contributed by atoms with E-state index < -0.39 is 0 Å². The summed E-state index contributed by atoms with van der Waals surface area (Å²) in [5, 5.41) is 3.56. The lowest BCUT2D eigenvalue weighted by atomic mass is 10.2. The quantitative estimate of drug-likeness (QED) is 0.573. The molecule has 3 heteroatoms. The Morgan fingerprint density at radius 3 is 1.89 bits per heavy atom. The van der Waals surface area contributed by atoms with Crippen molar-refractivity contribution in [3.05, 3.63) is 0 Å². The van der Waals surface area contributed by atoms with Gasteiger partial charge >= 0.3 is 0 Å². The highest BCUT2D eigenvalue weighted by molar-refractivity contribution is 4.66. The summed E-state index contributed by atoms with van der Waals surface area (Å²) in [6.07, 6.45) is 0. The third-order valence-corrected chi connectivity index (χ3v) is 3.40. The van der Waals surface area contributed by atoms with Gasteiger partial charge in [-0.15, -0.1) is 0 Å². The summed E-state index contributed by atoms with van der Waals surface area (Å²) in [6.45, 7) is 21.7. The lowest BCUT2D eigenvalue weighted by molar-refractivity contribution is 0.197. The molecule has 0 amide bonds. The number of hydrogen-bond donors (Lipinski definition) is 1. The SMILES string of the molecule is CCN(CC)CCNCCN(CC(C)C)C(C)C. The van der Waals surface area contributed by atoms with Crippen LogP contribution in [0.2, 0.25) is 0 Å². The first kappa shape index (κ1) is 17.9. The van der Waals surface area contributed by atoms with Gasteiger partial charge in [0.05, 0.1) is 0 Å². The zero-order valence-corrected chi connectivity index (χ0v) is 13.5. The Morgan fingerprint density at radius 1 is 0.889 bits per heavy atom. The maximum absolute atomic E-state index is 3.56. The summed E-state index contributed by atoms with van der Waals surface area (Å²) >= 11 is 0. The van der Waals surface area contributed by atoms with Crippen LogP contribution in [0.25, 0.3) is 0 Å². The van der Waals surface area contributed by atoms with Crippen molar-refractivity contribution in [2.75, 3.05) is 45.8 Å². The number of nitrogens with one attached hydrogen (secondary N) is 1. The number of rotatable bonds is 11. The Balaban J connectivity index is 3.67. The molecule has 0 saturated carbocycles. The molecule has 0 aliphatic carbocycles. The van der Waals surface area contributed by atoms with Crippen LogP contribution >= 0.6 is 0 Å². The highest BCUT2D eigenvalue weighted by Gasteiger charge is 2.10. The van der Waals surface area contributed by atoms with E-state index in [9.17, 15) is 0 Å². The zero-order valence-electron chi connectivity index (χ0n) is 13.5. The van der Waals surface area contributed by atoms with Crippen LogP contribution in [0.5, 0.6) is 0 Å². The summed E-state index contributed by atoms with van der Waals surface area (Å²) < 4.78 is 0. The van der Waals surface area contributed by atoms with Gasteiger partial charge in [-0.25, -0.2) is 0 Å². The molecule has 0 aromatic heterocycles. The second-order valence-electron chi connectivity index (χ2n) is 5.76. The van der Waals surface area contributed by atoms with Crippen LogP contribution in [-0.2, 0) is 0 Å². The largest absolute Gasteiger partial charge is 0.314 e. The molecule has 0 saturated heterocycles. The van der Waals surface area contributed by atoms with E-state index in [4.69, 9.17) is 0 Å². The normalized spacial score (nSPS) is 12.3. The molecule has 0 rings (SSSR count). The van der Waals surface area contributed by atoms with Gasteiger partial charge < -0.3 is 10.2 Å². The number of likely N-dealkylation sites (N-methyl/N-ethyl adjacent to an activating group) is 1. The highest BCUT2D eigenvalue weighted by Crippen LogP contribution is 2.02. The zero-order chi connectivity index (χ0) is 14.0. The third-order valence-electron chi connectivity index (χ3n) is 3.40. The van der Waals surface area contributed by atoms with Gasteiger partial charge in [-0.2, -0.15) is 0 Å². The average Bonchev–Trinajstić information content (AvgIpc) is 2.31. The van der Waals surface area contributed by atoms with Crippen LogP contribution in [0.4, 0.5) is 0 Å². The molecule has 0 bridgehead atoms. The maximum Gasteiger partial charge on any atom is 0.0110 e. The standard InChI is InChI=1S/C15H35N3/c1-7-17(8-2)11-9-16-10-12-18(15(5)6)13-14(3)4/h14-16H,7-13H2,1-6H3. The Labute approximate surface area is 115 Å². The molecular formula is C15H35N3. The molecule has 0 fully saturated rings. The Morgan fingerprint density at radius 2 is 1.44 bits per heavy atom. The molecule has 0 unspecified atom stereocenters. The molecule has 18 heavy (non-hydrogen) atoms. The maximum atomic E-state index is 3.56. The van der Waals surface area contributed by atoms with Crippen molar-refractivity contribution in [1.82, 2.24) is 15.1 Å². The summed E-state index contributed by atoms with van der Waals surface area (Å²) in [7, 11) is 0. The number of nitrogens with zero attached hydrogens (tertiary/aromatic N) is 2. The van der Waals surface area contributed by atoms with Crippen LogP contribution in [-0.4, -0.2) is 61.7 Å². The van der Waals surface area contributed by atoms with Crippen molar-refractivity contribution in [2.24, 2.45) is 5.92 Å². The van der Waals surface area contributed by atoms with Gasteiger partial charge in [0.15, 0.2) is 0 Å². The fourth-order valence-corrected chi connectivity index (χ4v) is 2.15. The monoisotopic (exact) mass is 257 g/mol. The van der Waals surface area contributed by atoms with E-state index in [-0.39, 0.29) is 0 Å². The van der Waals surface area contributed by atoms with Gasteiger partial charge in [0.1, 0.15) is 0 Å². The third kappa shape index (κ3) is 8.90. The van der Waals surface area contributed by atoms with Gasteiger partial charge in [0.2, 0.25) is 0 Å². The second-order valence-corrected chi connectivity index (χ2v) is 5.76. The first-order chi connectivity index (χ1) is 8.51. The van der Waals surface area contributed by atoms with Crippen molar-refractivity contribution in [1.29, 1.82) is 0 Å². The average molecular weight is 257 g/mol. The minimum absolute atomic E-state index is 0.650. The smallest absolute Gasteiger partial charge is 0.0110 e. The van der Waals surface area contributed by atoms with Crippen LogP contribution in [0.3, 0.4) is 0 Å². The van der Waals surface area contributed by atoms with Crippen LogP contribution < -0.4 is 5.32 Å². The van der Waals surface area contributed by atoms with Crippen LogP contribution in [0, 0.1) is 5.92 Å². The van der Waals surface area contributed by atoms with Gasteiger partial charge in [0, 0.05) is 38.8 Å². The lowest BCUT2D eigenvalue weighted by Crippen LogP contribution is -2.40. The first-order valence-electron chi connectivity index (χ1n) is 7.68. The molecule has 3 nitrogen and oxygen atoms in total. The molecule has 1 N–H and O–H groups in total. The molecule has 0 radical (unpaired) electrons. The van der Waals surface area contributed by atoms with E-state index in [2.05, 4.69) is 56.7 Å². The molecule has 0 aliphatic rings. The van der Waals surface area contributed by atoms with Crippen molar-refractivity contribution >= 4 is 0 Å².